The van der Waals surface area contributed by atoms with Crippen molar-refractivity contribution in [1.82, 2.24) is 14.5 Å². The van der Waals surface area contributed by atoms with Crippen LogP contribution in [0, 0.1) is 0 Å². The second kappa shape index (κ2) is 3.89. The number of nitrogens with zero attached hydrogens (tertiary/aromatic N) is 3. The van der Waals surface area contributed by atoms with Crippen LogP contribution < -0.4 is 0 Å². The minimum absolute atomic E-state index is 0.260. The van der Waals surface area contributed by atoms with Gasteiger partial charge in [-0.25, -0.2) is 9.97 Å². The molecule has 0 spiro atoms. The third-order valence-corrected chi connectivity index (χ3v) is 2.66. The maximum absolute atomic E-state index is 12.5. The van der Waals surface area contributed by atoms with Crippen molar-refractivity contribution in [3.8, 4) is 11.5 Å². The Labute approximate surface area is 93.6 Å². The molecular formula is C9H8F3N3S. The van der Waals surface area contributed by atoms with E-state index in [0.717, 1.165) is 6.20 Å². The predicted molar refractivity (Wildman–Crippen MR) is 54.0 cm³/mol. The van der Waals surface area contributed by atoms with Gasteiger partial charge in [-0.15, -0.1) is 11.3 Å². The van der Waals surface area contributed by atoms with E-state index in [-0.39, 0.29) is 5.82 Å². The first-order valence-corrected chi connectivity index (χ1v) is 5.49. The van der Waals surface area contributed by atoms with E-state index in [1.165, 1.54) is 15.9 Å². The van der Waals surface area contributed by atoms with Crippen molar-refractivity contribution in [3.05, 3.63) is 22.8 Å². The highest BCUT2D eigenvalue weighted by molar-refractivity contribution is 7.07. The molecule has 2 rings (SSSR count). The first kappa shape index (κ1) is 11.1. The number of aryl methyl sites for hydroxylation is 1. The van der Waals surface area contributed by atoms with Crippen molar-refractivity contribution in [2.45, 2.75) is 19.6 Å². The van der Waals surface area contributed by atoms with Gasteiger partial charge in [-0.05, 0) is 6.92 Å². The van der Waals surface area contributed by atoms with Gasteiger partial charge >= 0.3 is 6.18 Å². The van der Waals surface area contributed by atoms with Gasteiger partial charge in [0, 0.05) is 18.1 Å². The predicted octanol–water partition coefficient (Wildman–Crippen LogP) is 3.05. The van der Waals surface area contributed by atoms with Gasteiger partial charge in [-0.1, -0.05) is 0 Å². The molecular weight excluding hydrogens is 239 g/mol. The van der Waals surface area contributed by atoms with E-state index in [2.05, 4.69) is 9.97 Å². The lowest BCUT2D eigenvalue weighted by Crippen LogP contribution is -2.05. The van der Waals surface area contributed by atoms with Crippen LogP contribution in [0.2, 0.25) is 0 Å². The lowest BCUT2D eigenvalue weighted by Gasteiger charge is -1.99. The van der Waals surface area contributed by atoms with Crippen LogP contribution >= 0.6 is 11.3 Å². The lowest BCUT2D eigenvalue weighted by molar-refractivity contribution is -0.140. The Morgan fingerprint density at radius 1 is 1.44 bits per heavy atom. The Kier molecular flexibility index (Phi) is 2.71. The van der Waals surface area contributed by atoms with Crippen LogP contribution in [0.5, 0.6) is 0 Å². The standard InChI is InChI=1S/C9H8F3N3S/c1-2-15-3-7(9(10,11)12)14-8(15)6-4-16-5-13-6/h3-5H,2H2,1H3. The summed E-state index contributed by atoms with van der Waals surface area (Å²) in [6.45, 7) is 2.19. The van der Waals surface area contributed by atoms with Gasteiger partial charge in [0.25, 0.3) is 0 Å². The van der Waals surface area contributed by atoms with Gasteiger partial charge in [0.1, 0.15) is 5.69 Å². The highest BCUT2D eigenvalue weighted by Gasteiger charge is 2.34. The van der Waals surface area contributed by atoms with Crippen molar-refractivity contribution in [1.29, 1.82) is 0 Å². The molecule has 0 atom stereocenters. The summed E-state index contributed by atoms with van der Waals surface area (Å²) < 4.78 is 38.8. The monoisotopic (exact) mass is 247 g/mol. The fraction of sp³-hybridized carbons (Fsp3) is 0.333. The Hall–Kier alpha value is -1.37. The second-order valence-corrected chi connectivity index (χ2v) is 3.83. The largest absolute Gasteiger partial charge is 0.434 e. The first-order chi connectivity index (χ1) is 7.52. The molecule has 3 nitrogen and oxygen atoms in total. The summed E-state index contributed by atoms with van der Waals surface area (Å²) in [4.78, 5) is 7.54. The Morgan fingerprint density at radius 3 is 2.69 bits per heavy atom. The molecule has 0 saturated carbocycles. The fourth-order valence-electron chi connectivity index (χ4n) is 1.32. The maximum Gasteiger partial charge on any atom is 0.434 e. The van der Waals surface area contributed by atoms with E-state index >= 15 is 0 Å². The molecule has 0 aliphatic heterocycles. The van der Waals surface area contributed by atoms with Gasteiger partial charge in [0.05, 0.1) is 5.51 Å². The summed E-state index contributed by atoms with van der Waals surface area (Å²) >= 11 is 1.32. The smallest absolute Gasteiger partial charge is 0.329 e. The van der Waals surface area contributed by atoms with E-state index in [0.29, 0.717) is 12.2 Å². The van der Waals surface area contributed by atoms with Crippen LogP contribution in [0.1, 0.15) is 12.6 Å². The highest BCUT2D eigenvalue weighted by Crippen LogP contribution is 2.30. The summed E-state index contributed by atoms with van der Waals surface area (Å²) in [6, 6.07) is 0. The SMILES string of the molecule is CCn1cc(C(F)(F)F)nc1-c1cscn1. The number of rotatable bonds is 2. The van der Waals surface area contributed by atoms with Gasteiger partial charge in [0.2, 0.25) is 0 Å². The number of thiazole rings is 1. The minimum atomic E-state index is -4.41. The number of hydrogen-bond donors (Lipinski definition) is 0. The third kappa shape index (κ3) is 1.95. The zero-order valence-corrected chi connectivity index (χ0v) is 9.14. The average molecular weight is 247 g/mol. The van der Waals surface area contributed by atoms with E-state index in [9.17, 15) is 13.2 Å². The number of imidazole rings is 1. The van der Waals surface area contributed by atoms with E-state index in [1.54, 1.807) is 17.8 Å². The van der Waals surface area contributed by atoms with Gasteiger partial charge in [-0.3, -0.25) is 0 Å². The average Bonchev–Trinajstić information content (AvgIpc) is 2.85. The van der Waals surface area contributed by atoms with Crippen LogP contribution in [-0.4, -0.2) is 14.5 Å². The molecule has 0 unspecified atom stereocenters. The molecule has 0 aliphatic carbocycles. The summed E-state index contributed by atoms with van der Waals surface area (Å²) in [5.74, 6) is 0.260. The summed E-state index contributed by atoms with van der Waals surface area (Å²) in [5, 5.41) is 1.68. The second-order valence-electron chi connectivity index (χ2n) is 3.11. The molecule has 16 heavy (non-hydrogen) atoms. The molecule has 7 heteroatoms. The number of aromatic nitrogens is 3. The quantitative estimate of drug-likeness (QED) is 0.816. The first-order valence-electron chi connectivity index (χ1n) is 4.55. The molecule has 86 valence electrons. The van der Waals surface area contributed by atoms with Crippen LogP contribution in [0.3, 0.4) is 0 Å². The topological polar surface area (TPSA) is 30.7 Å². The van der Waals surface area contributed by atoms with Gasteiger partial charge < -0.3 is 4.57 Å². The summed E-state index contributed by atoms with van der Waals surface area (Å²) in [6.07, 6.45) is -3.40. The van der Waals surface area contributed by atoms with Crippen LogP contribution in [-0.2, 0) is 12.7 Å². The third-order valence-electron chi connectivity index (χ3n) is 2.07. The molecule has 0 saturated heterocycles. The molecule has 2 aromatic rings. The van der Waals surface area contributed by atoms with Crippen molar-refractivity contribution in [3.63, 3.8) is 0 Å². The fourth-order valence-corrected chi connectivity index (χ4v) is 1.85. The minimum Gasteiger partial charge on any atom is -0.329 e. The zero-order chi connectivity index (χ0) is 11.8. The van der Waals surface area contributed by atoms with Gasteiger partial charge in [-0.2, -0.15) is 13.2 Å². The van der Waals surface area contributed by atoms with Crippen LogP contribution in [0.25, 0.3) is 11.5 Å². The van der Waals surface area contributed by atoms with Crippen LogP contribution in [0.15, 0.2) is 17.1 Å². The number of alkyl halides is 3. The maximum atomic E-state index is 12.5. The van der Waals surface area contributed by atoms with E-state index < -0.39 is 11.9 Å². The van der Waals surface area contributed by atoms with Crippen molar-refractivity contribution >= 4 is 11.3 Å². The molecule has 0 bridgehead atoms. The van der Waals surface area contributed by atoms with Crippen molar-refractivity contribution < 1.29 is 13.2 Å². The molecule has 0 radical (unpaired) electrons. The highest BCUT2D eigenvalue weighted by atomic mass is 32.1. The molecule has 2 aromatic heterocycles. The Morgan fingerprint density at radius 2 is 2.19 bits per heavy atom. The lowest BCUT2D eigenvalue weighted by atomic mass is 10.4. The zero-order valence-electron chi connectivity index (χ0n) is 8.32. The Balaban J connectivity index is 2.50. The van der Waals surface area contributed by atoms with E-state index in [1.807, 2.05) is 0 Å². The normalized spacial score (nSPS) is 12.0. The molecule has 0 aliphatic rings. The Bertz CT molecular complexity index is 473. The van der Waals surface area contributed by atoms with Crippen molar-refractivity contribution in [2.24, 2.45) is 0 Å². The summed E-state index contributed by atoms with van der Waals surface area (Å²) in [7, 11) is 0. The summed E-state index contributed by atoms with van der Waals surface area (Å²) in [5.41, 5.74) is 1.16. The molecule has 0 amide bonds. The number of hydrogen-bond acceptors (Lipinski definition) is 3. The van der Waals surface area contributed by atoms with E-state index in [4.69, 9.17) is 0 Å². The molecule has 0 fully saturated rings. The number of halogens is 3. The molecule has 0 N–H and O–H groups in total. The van der Waals surface area contributed by atoms with Crippen molar-refractivity contribution in [2.75, 3.05) is 0 Å². The molecule has 2 heterocycles. The van der Waals surface area contributed by atoms with Crippen LogP contribution in [0.4, 0.5) is 13.2 Å². The molecule has 0 aromatic carbocycles. The van der Waals surface area contributed by atoms with Gasteiger partial charge in [0.15, 0.2) is 11.5 Å².